The first kappa shape index (κ1) is 16.3. The minimum Gasteiger partial charge on any atom is -0.322 e. The number of nitrogens with zero attached hydrogens (tertiary/aromatic N) is 4. The van der Waals surface area contributed by atoms with Gasteiger partial charge >= 0.3 is 0 Å². The van der Waals surface area contributed by atoms with Crippen molar-refractivity contribution in [1.29, 1.82) is 0 Å². The first-order chi connectivity index (χ1) is 11.6. The van der Waals surface area contributed by atoms with Crippen LogP contribution in [-0.4, -0.2) is 26.1 Å². The third-order valence-electron chi connectivity index (χ3n) is 3.45. The molecule has 1 N–H and O–H groups in total. The maximum atomic E-state index is 14.0. The summed E-state index contributed by atoms with van der Waals surface area (Å²) in [5, 5.41) is 13.6. The number of tetrazole rings is 1. The van der Waals surface area contributed by atoms with E-state index in [1.165, 1.54) is 23.1 Å². The third kappa shape index (κ3) is 3.83. The molecule has 6 nitrogen and oxygen atoms in total. The minimum atomic E-state index is -0.689. The fraction of sp³-hybridized carbons (Fsp3) is 0.125. The van der Waals surface area contributed by atoms with Gasteiger partial charge in [-0.05, 0) is 34.2 Å². The zero-order valence-corrected chi connectivity index (χ0v) is 14.0. The van der Waals surface area contributed by atoms with Crippen LogP contribution in [0.1, 0.15) is 11.6 Å². The highest BCUT2D eigenvalue weighted by Gasteiger charge is 2.23. The molecule has 3 rings (SSSR count). The zero-order chi connectivity index (χ0) is 16.9. The molecule has 1 aromatic heterocycles. The molecule has 0 aliphatic carbocycles. The Kier molecular flexibility index (Phi) is 4.95. The molecule has 1 heterocycles. The Hall–Kier alpha value is -2.61. The van der Waals surface area contributed by atoms with Gasteiger partial charge in [-0.25, -0.2) is 9.07 Å². The summed E-state index contributed by atoms with van der Waals surface area (Å²) in [6.45, 7) is 0. The Morgan fingerprint density at radius 3 is 2.71 bits per heavy atom. The van der Waals surface area contributed by atoms with E-state index < -0.39 is 17.8 Å². The molecule has 122 valence electrons. The number of carbonyl (C=O) groups is 1. The molecule has 0 fully saturated rings. The summed E-state index contributed by atoms with van der Waals surface area (Å²) in [4.78, 5) is 12.6. The van der Waals surface area contributed by atoms with Gasteiger partial charge < -0.3 is 5.32 Å². The van der Waals surface area contributed by atoms with Crippen molar-refractivity contribution in [2.75, 3.05) is 5.32 Å². The molecule has 0 unspecified atom stereocenters. The van der Waals surface area contributed by atoms with Crippen molar-refractivity contribution >= 4 is 27.5 Å². The highest BCUT2D eigenvalue weighted by atomic mass is 79.9. The molecule has 0 saturated carbocycles. The van der Waals surface area contributed by atoms with Gasteiger partial charge in [-0.1, -0.05) is 46.3 Å². The standard InChI is InChI=1S/C16H13BrFN5O/c17-12-6-7-14(13(18)9-12)20-16(24)15(23-10-19-21-22-23)8-11-4-2-1-3-5-11/h1-7,9-10,15H,8H2,(H,20,24)/t15-/m0/s1. The van der Waals surface area contributed by atoms with Gasteiger partial charge in [0.1, 0.15) is 18.2 Å². The zero-order valence-electron chi connectivity index (χ0n) is 12.4. The van der Waals surface area contributed by atoms with Crippen molar-refractivity contribution in [2.24, 2.45) is 0 Å². The van der Waals surface area contributed by atoms with Crippen LogP contribution in [0.25, 0.3) is 0 Å². The molecule has 0 bridgehead atoms. The van der Waals surface area contributed by atoms with Crippen LogP contribution in [0.4, 0.5) is 10.1 Å². The Balaban J connectivity index is 1.83. The van der Waals surface area contributed by atoms with Crippen LogP contribution < -0.4 is 5.32 Å². The average molecular weight is 390 g/mol. The minimum absolute atomic E-state index is 0.106. The number of rotatable bonds is 5. The molecular formula is C16H13BrFN5O. The average Bonchev–Trinajstić information content (AvgIpc) is 3.10. The summed E-state index contributed by atoms with van der Waals surface area (Å²) in [7, 11) is 0. The molecule has 0 aliphatic rings. The number of aromatic nitrogens is 4. The molecule has 24 heavy (non-hydrogen) atoms. The van der Waals surface area contributed by atoms with Gasteiger partial charge in [0.15, 0.2) is 0 Å². The first-order valence-electron chi connectivity index (χ1n) is 7.16. The molecule has 1 atom stereocenters. The van der Waals surface area contributed by atoms with E-state index >= 15 is 0 Å². The molecule has 0 saturated heterocycles. The van der Waals surface area contributed by atoms with Gasteiger partial charge in [-0.2, -0.15) is 0 Å². The normalized spacial score (nSPS) is 11.9. The van der Waals surface area contributed by atoms with Gasteiger partial charge in [0.25, 0.3) is 0 Å². The SMILES string of the molecule is O=C(Nc1ccc(Br)cc1F)[C@H](Cc1ccccc1)n1cnnn1. The number of halogens is 2. The molecule has 2 aromatic carbocycles. The molecule has 3 aromatic rings. The topological polar surface area (TPSA) is 72.7 Å². The van der Waals surface area contributed by atoms with E-state index in [9.17, 15) is 9.18 Å². The Labute approximate surface area is 145 Å². The highest BCUT2D eigenvalue weighted by Crippen LogP contribution is 2.21. The second-order valence-electron chi connectivity index (χ2n) is 5.11. The summed E-state index contributed by atoms with van der Waals surface area (Å²) in [6.07, 6.45) is 1.75. The van der Waals surface area contributed by atoms with Crippen LogP contribution in [0.3, 0.4) is 0 Å². The number of hydrogen-bond donors (Lipinski definition) is 1. The van der Waals surface area contributed by atoms with Crippen molar-refractivity contribution in [2.45, 2.75) is 12.5 Å². The largest absolute Gasteiger partial charge is 0.322 e. The van der Waals surface area contributed by atoms with Crippen LogP contribution >= 0.6 is 15.9 Å². The van der Waals surface area contributed by atoms with Crippen LogP contribution in [0.2, 0.25) is 0 Å². The van der Waals surface area contributed by atoms with Crippen LogP contribution in [0.15, 0.2) is 59.3 Å². The van der Waals surface area contributed by atoms with E-state index in [0.29, 0.717) is 10.9 Å². The maximum Gasteiger partial charge on any atom is 0.249 e. The predicted octanol–water partition coefficient (Wildman–Crippen LogP) is 3.00. The van der Waals surface area contributed by atoms with Crippen LogP contribution in [-0.2, 0) is 11.2 Å². The highest BCUT2D eigenvalue weighted by molar-refractivity contribution is 9.10. The fourth-order valence-electron chi connectivity index (χ4n) is 2.26. The lowest BCUT2D eigenvalue weighted by molar-refractivity contribution is -0.119. The summed E-state index contributed by atoms with van der Waals surface area (Å²) >= 11 is 3.18. The van der Waals surface area contributed by atoms with E-state index in [-0.39, 0.29) is 5.69 Å². The molecule has 0 radical (unpaired) electrons. The number of nitrogens with one attached hydrogen (secondary N) is 1. The van der Waals surface area contributed by atoms with Crippen molar-refractivity contribution < 1.29 is 9.18 Å². The third-order valence-corrected chi connectivity index (χ3v) is 3.94. The Morgan fingerprint density at radius 2 is 2.04 bits per heavy atom. The number of hydrogen-bond acceptors (Lipinski definition) is 4. The van der Waals surface area contributed by atoms with Gasteiger partial charge in [0, 0.05) is 10.9 Å². The number of anilines is 1. The quantitative estimate of drug-likeness (QED) is 0.727. The predicted molar refractivity (Wildman–Crippen MR) is 89.7 cm³/mol. The maximum absolute atomic E-state index is 14.0. The monoisotopic (exact) mass is 389 g/mol. The van der Waals surface area contributed by atoms with E-state index in [2.05, 4.69) is 36.8 Å². The van der Waals surface area contributed by atoms with E-state index in [0.717, 1.165) is 5.56 Å². The summed E-state index contributed by atoms with van der Waals surface area (Å²) in [6, 6.07) is 13.2. The summed E-state index contributed by atoms with van der Waals surface area (Å²) in [5.74, 6) is -0.916. The Bertz CT molecular complexity index is 826. The lowest BCUT2D eigenvalue weighted by Crippen LogP contribution is -2.28. The van der Waals surface area contributed by atoms with E-state index in [1.807, 2.05) is 30.3 Å². The van der Waals surface area contributed by atoms with Crippen molar-refractivity contribution in [3.05, 3.63) is 70.7 Å². The van der Waals surface area contributed by atoms with Gasteiger partial charge in [0.2, 0.25) is 5.91 Å². The van der Waals surface area contributed by atoms with E-state index in [4.69, 9.17) is 0 Å². The van der Waals surface area contributed by atoms with Gasteiger partial charge in [-0.3, -0.25) is 4.79 Å². The second-order valence-corrected chi connectivity index (χ2v) is 6.02. The number of amides is 1. The lowest BCUT2D eigenvalue weighted by Gasteiger charge is -2.16. The smallest absolute Gasteiger partial charge is 0.249 e. The Morgan fingerprint density at radius 1 is 1.25 bits per heavy atom. The summed E-state index contributed by atoms with van der Waals surface area (Å²) in [5.41, 5.74) is 1.05. The van der Waals surface area contributed by atoms with Gasteiger partial charge in [0.05, 0.1) is 5.69 Å². The van der Waals surface area contributed by atoms with Crippen molar-refractivity contribution in [3.8, 4) is 0 Å². The summed E-state index contributed by atoms with van der Waals surface area (Å²) < 4.78 is 15.9. The fourth-order valence-corrected chi connectivity index (χ4v) is 2.59. The molecule has 8 heteroatoms. The van der Waals surface area contributed by atoms with Crippen LogP contribution in [0.5, 0.6) is 0 Å². The lowest BCUT2D eigenvalue weighted by atomic mass is 10.1. The second kappa shape index (κ2) is 7.31. The number of carbonyl (C=O) groups excluding carboxylic acids is 1. The molecule has 1 amide bonds. The van der Waals surface area contributed by atoms with Crippen molar-refractivity contribution in [1.82, 2.24) is 20.2 Å². The van der Waals surface area contributed by atoms with Crippen LogP contribution in [0, 0.1) is 5.82 Å². The van der Waals surface area contributed by atoms with E-state index in [1.54, 1.807) is 6.07 Å². The number of benzene rings is 2. The van der Waals surface area contributed by atoms with Gasteiger partial charge in [-0.15, -0.1) is 5.10 Å². The first-order valence-corrected chi connectivity index (χ1v) is 7.95. The molecular weight excluding hydrogens is 377 g/mol. The molecule has 0 spiro atoms. The van der Waals surface area contributed by atoms with Crippen molar-refractivity contribution in [3.63, 3.8) is 0 Å². The molecule has 0 aliphatic heterocycles.